The molecule has 0 saturated carbocycles. The van der Waals surface area contributed by atoms with Crippen molar-refractivity contribution in [3.05, 3.63) is 29.3 Å². The Balaban J connectivity index is 1.82. The van der Waals surface area contributed by atoms with E-state index in [0.29, 0.717) is 38.0 Å². The minimum atomic E-state index is 0.127. The van der Waals surface area contributed by atoms with Crippen LogP contribution >= 0.6 is 0 Å². The summed E-state index contributed by atoms with van der Waals surface area (Å²) in [6.45, 7) is 8.21. The van der Waals surface area contributed by atoms with Crippen molar-refractivity contribution in [2.45, 2.75) is 46.1 Å². The standard InChI is InChI=1S/C21H34N2O3/c1-16-5-6-19(20(13-16)26-12-4-11-25-3)15-23-21(24)14-17(2)18-7-9-22-10-8-18/h5-6,13,17-18,22H,4,7-12,14-15H2,1-3H3,(H,23,24). The van der Waals surface area contributed by atoms with Gasteiger partial charge in [0, 0.05) is 38.7 Å². The van der Waals surface area contributed by atoms with E-state index in [1.165, 1.54) is 12.8 Å². The second-order valence-corrected chi connectivity index (χ2v) is 7.35. The molecular weight excluding hydrogens is 328 g/mol. The topological polar surface area (TPSA) is 59.6 Å². The molecule has 1 aromatic rings. The normalized spacial score (nSPS) is 16.3. The van der Waals surface area contributed by atoms with E-state index in [1.54, 1.807) is 7.11 Å². The van der Waals surface area contributed by atoms with Gasteiger partial charge >= 0.3 is 0 Å². The first-order valence-corrected chi connectivity index (χ1v) is 9.79. The SMILES string of the molecule is COCCCOc1cc(C)ccc1CNC(=O)CC(C)C1CCNCC1. The van der Waals surface area contributed by atoms with Crippen molar-refractivity contribution < 1.29 is 14.3 Å². The number of aryl methyl sites for hydroxylation is 1. The predicted molar refractivity (Wildman–Crippen MR) is 104 cm³/mol. The predicted octanol–water partition coefficient (Wildman–Crippen LogP) is 3.05. The van der Waals surface area contributed by atoms with Gasteiger partial charge in [-0.1, -0.05) is 19.1 Å². The Morgan fingerprint density at radius 3 is 2.81 bits per heavy atom. The van der Waals surface area contributed by atoms with E-state index < -0.39 is 0 Å². The highest BCUT2D eigenvalue weighted by Crippen LogP contribution is 2.24. The van der Waals surface area contributed by atoms with Crippen LogP contribution < -0.4 is 15.4 Å². The highest BCUT2D eigenvalue weighted by molar-refractivity contribution is 5.76. The summed E-state index contributed by atoms with van der Waals surface area (Å²) in [4.78, 5) is 12.4. The minimum absolute atomic E-state index is 0.127. The van der Waals surface area contributed by atoms with Crippen LogP contribution in [-0.2, 0) is 16.1 Å². The van der Waals surface area contributed by atoms with Gasteiger partial charge in [-0.3, -0.25) is 4.79 Å². The third kappa shape index (κ3) is 6.96. The average molecular weight is 363 g/mol. The molecule has 1 amide bonds. The fourth-order valence-electron chi connectivity index (χ4n) is 3.47. The van der Waals surface area contributed by atoms with Crippen molar-refractivity contribution in [1.29, 1.82) is 0 Å². The summed E-state index contributed by atoms with van der Waals surface area (Å²) >= 11 is 0. The smallest absolute Gasteiger partial charge is 0.220 e. The number of nitrogens with one attached hydrogen (secondary N) is 2. The van der Waals surface area contributed by atoms with E-state index in [9.17, 15) is 4.79 Å². The lowest BCUT2D eigenvalue weighted by Crippen LogP contribution is -2.33. The first-order valence-electron chi connectivity index (χ1n) is 9.79. The molecule has 1 aromatic carbocycles. The van der Waals surface area contributed by atoms with E-state index in [-0.39, 0.29) is 5.91 Å². The molecule has 26 heavy (non-hydrogen) atoms. The van der Waals surface area contributed by atoms with E-state index in [1.807, 2.05) is 19.1 Å². The molecule has 5 heteroatoms. The van der Waals surface area contributed by atoms with Gasteiger partial charge in [-0.15, -0.1) is 0 Å². The molecule has 1 fully saturated rings. The van der Waals surface area contributed by atoms with Gasteiger partial charge < -0.3 is 20.1 Å². The molecule has 1 saturated heterocycles. The molecule has 1 aliphatic rings. The molecule has 0 aliphatic carbocycles. The number of piperidine rings is 1. The van der Waals surface area contributed by atoms with Gasteiger partial charge in [0.15, 0.2) is 0 Å². The molecule has 146 valence electrons. The van der Waals surface area contributed by atoms with Gasteiger partial charge in [0.2, 0.25) is 5.91 Å². The highest BCUT2D eigenvalue weighted by atomic mass is 16.5. The Hall–Kier alpha value is -1.59. The van der Waals surface area contributed by atoms with Crippen LogP contribution in [-0.4, -0.2) is 39.3 Å². The van der Waals surface area contributed by atoms with E-state index in [2.05, 4.69) is 23.6 Å². The lowest BCUT2D eigenvalue weighted by atomic mass is 9.84. The van der Waals surface area contributed by atoms with Crippen LogP contribution in [0.4, 0.5) is 0 Å². The van der Waals surface area contributed by atoms with Gasteiger partial charge in [-0.05, 0) is 56.3 Å². The molecule has 1 unspecified atom stereocenters. The second-order valence-electron chi connectivity index (χ2n) is 7.35. The fraction of sp³-hybridized carbons (Fsp3) is 0.667. The zero-order valence-electron chi connectivity index (χ0n) is 16.5. The second kappa shape index (κ2) is 11.2. The molecule has 5 nitrogen and oxygen atoms in total. The molecule has 2 rings (SSSR count). The number of methoxy groups -OCH3 is 1. The van der Waals surface area contributed by atoms with Crippen LogP contribution in [0.15, 0.2) is 18.2 Å². The molecule has 1 atom stereocenters. The van der Waals surface area contributed by atoms with Crippen molar-refractivity contribution in [3.8, 4) is 5.75 Å². The van der Waals surface area contributed by atoms with Crippen LogP contribution in [0.5, 0.6) is 5.75 Å². The fourth-order valence-corrected chi connectivity index (χ4v) is 3.47. The van der Waals surface area contributed by atoms with Gasteiger partial charge in [-0.2, -0.15) is 0 Å². The Kier molecular flexibility index (Phi) is 8.92. The van der Waals surface area contributed by atoms with Crippen LogP contribution in [0.25, 0.3) is 0 Å². The number of carbonyl (C=O) groups excluding carboxylic acids is 1. The third-order valence-corrected chi connectivity index (χ3v) is 5.14. The van der Waals surface area contributed by atoms with Crippen molar-refractivity contribution in [2.75, 3.05) is 33.4 Å². The summed E-state index contributed by atoms with van der Waals surface area (Å²) in [7, 11) is 1.69. The summed E-state index contributed by atoms with van der Waals surface area (Å²) in [5.41, 5.74) is 2.18. The Morgan fingerprint density at radius 1 is 1.31 bits per heavy atom. The Bertz CT molecular complexity index is 556. The summed E-state index contributed by atoms with van der Waals surface area (Å²) < 4.78 is 10.9. The maximum Gasteiger partial charge on any atom is 0.220 e. The van der Waals surface area contributed by atoms with E-state index in [4.69, 9.17) is 9.47 Å². The number of amides is 1. The molecular formula is C21H34N2O3. The van der Waals surface area contributed by atoms with Crippen molar-refractivity contribution in [3.63, 3.8) is 0 Å². The number of rotatable bonds is 10. The summed E-state index contributed by atoms with van der Waals surface area (Å²) in [5, 5.41) is 6.45. The molecule has 0 spiro atoms. The third-order valence-electron chi connectivity index (χ3n) is 5.14. The number of ether oxygens (including phenoxy) is 2. The van der Waals surface area contributed by atoms with Crippen molar-refractivity contribution >= 4 is 5.91 Å². The number of carbonyl (C=O) groups is 1. The van der Waals surface area contributed by atoms with Gasteiger partial charge in [0.25, 0.3) is 0 Å². The minimum Gasteiger partial charge on any atom is -0.493 e. The first kappa shape index (κ1) is 20.7. The lowest BCUT2D eigenvalue weighted by molar-refractivity contribution is -0.122. The Morgan fingerprint density at radius 2 is 2.08 bits per heavy atom. The van der Waals surface area contributed by atoms with Crippen molar-refractivity contribution in [1.82, 2.24) is 10.6 Å². The van der Waals surface area contributed by atoms with Gasteiger partial charge in [0.1, 0.15) is 5.75 Å². The molecule has 0 radical (unpaired) electrons. The zero-order chi connectivity index (χ0) is 18.8. The van der Waals surface area contributed by atoms with Crippen LogP contribution in [0.2, 0.25) is 0 Å². The first-order chi connectivity index (χ1) is 12.6. The Labute approximate surface area is 157 Å². The van der Waals surface area contributed by atoms with E-state index >= 15 is 0 Å². The summed E-state index contributed by atoms with van der Waals surface area (Å²) in [6, 6.07) is 6.13. The monoisotopic (exact) mass is 362 g/mol. The molecule has 1 aliphatic heterocycles. The van der Waals surface area contributed by atoms with Gasteiger partial charge in [-0.25, -0.2) is 0 Å². The maximum atomic E-state index is 12.4. The quantitative estimate of drug-likeness (QED) is 0.628. The lowest BCUT2D eigenvalue weighted by Gasteiger charge is -2.27. The van der Waals surface area contributed by atoms with Crippen LogP contribution in [0.1, 0.15) is 43.7 Å². The van der Waals surface area contributed by atoms with Crippen LogP contribution in [0, 0.1) is 18.8 Å². The average Bonchev–Trinajstić information content (AvgIpc) is 2.65. The van der Waals surface area contributed by atoms with E-state index in [0.717, 1.165) is 36.4 Å². The summed E-state index contributed by atoms with van der Waals surface area (Å²) in [5.74, 6) is 2.07. The van der Waals surface area contributed by atoms with Crippen molar-refractivity contribution in [2.24, 2.45) is 11.8 Å². The van der Waals surface area contributed by atoms with Gasteiger partial charge in [0.05, 0.1) is 6.61 Å². The molecule has 2 N–H and O–H groups in total. The molecule has 0 bridgehead atoms. The largest absolute Gasteiger partial charge is 0.493 e. The number of hydrogen-bond donors (Lipinski definition) is 2. The number of benzene rings is 1. The zero-order valence-corrected chi connectivity index (χ0v) is 16.5. The maximum absolute atomic E-state index is 12.4. The highest BCUT2D eigenvalue weighted by Gasteiger charge is 2.22. The molecule has 0 aromatic heterocycles. The van der Waals surface area contributed by atoms with Crippen LogP contribution in [0.3, 0.4) is 0 Å². The summed E-state index contributed by atoms with van der Waals surface area (Å²) in [6.07, 6.45) is 3.79. The number of hydrogen-bond acceptors (Lipinski definition) is 4. The molecule has 1 heterocycles.